The van der Waals surface area contributed by atoms with E-state index in [0.717, 1.165) is 11.1 Å². The van der Waals surface area contributed by atoms with Gasteiger partial charge in [-0.15, -0.1) is 0 Å². The quantitative estimate of drug-likeness (QED) is 0.577. The highest BCUT2D eigenvalue weighted by atomic mass is 32.1. The number of aryl methyl sites for hydroxylation is 2. The number of anilines is 2. The Hall–Kier alpha value is -3.45. The zero-order chi connectivity index (χ0) is 20.1. The maximum atomic E-state index is 12.4. The van der Waals surface area contributed by atoms with Gasteiger partial charge in [0.2, 0.25) is 0 Å². The van der Waals surface area contributed by atoms with E-state index in [2.05, 4.69) is 16.0 Å². The molecular weight excluding hydrogens is 374 g/mol. The van der Waals surface area contributed by atoms with E-state index >= 15 is 0 Å². The van der Waals surface area contributed by atoms with Crippen molar-refractivity contribution in [3.63, 3.8) is 0 Å². The minimum absolute atomic E-state index is 0.166. The van der Waals surface area contributed by atoms with Gasteiger partial charge in [0.15, 0.2) is 10.9 Å². The van der Waals surface area contributed by atoms with E-state index < -0.39 is 0 Å². The van der Waals surface area contributed by atoms with Crippen LogP contribution >= 0.6 is 12.2 Å². The van der Waals surface area contributed by atoms with Crippen LogP contribution in [0.15, 0.2) is 65.3 Å². The van der Waals surface area contributed by atoms with Crippen molar-refractivity contribution in [2.24, 2.45) is 0 Å². The number of furan rings is 1. The number of hydrogen-bond acceptors (Lipinski definition) is 4. The highest BCUT2D eigenvalue weighted by Crippen LogP contribution is 2.16. The molecule has 28 heavy (non-hydrogen) atoms. The maximum absolute atomic E-state index is 12.4. The molecule has 2 amide bonds. The van der Waals surface area contributed by atoms with Gasteiger partial charge >= 0.3 is 0 Å². The first-order chi connectivity index (χ1) is 13.4. The Balaban J connectivity index is 1.62. The summed E-state index contributed by atoms with van der Waals surface area (Å²) in [4.78, 5) is 24.5. The molecule has 0 radical (unpaired) electrons. The summed E-state index contributed by atoms with van der Waals surface area (Å²) < 4.78 is 5.07. The molecule has 2 aromatic carbocycles. The van der Waals surface area contributed by atoms with Crippen molar-refractivity contribution in [3.8, 4) is 0 Å². The Labute approximate surface area is 167 Å². The standard InChI is InChI=1S/C21H19N3O3S/c1-13-8-9-17(14(2)11-13)19(25)24-21(28)23-16-6-3-5-15(12-16)22-20(26)18-7-4-10-27-18/h3-12H,1-2H3,(H,22,26)(H2,23,24,25,28). The molecule has 0 aliphatic rings. The minimum Gasteiger partial charge on any atom is -0.459 e. The number of thiocarbonyl (C=S) groups is 1. The van der Waals surface area contributed by atoms with Crippen LogP contribution in [0.2, 0.25) is 0 Å². The number of benzene rings is 2. The Morgan fingerprint density at radius 1 is 0.893 bits per heavy atom. The fourth-order valence-electron chi connectivity index (χ4n) is 2.68. The van der Waals surface area contributed by atoms with Crippen molar-refractivity contribution in [3.05, 3.63) is 83.3 Å². The molecule has 1 aromatic heterocycles. The van der Waals surface area contributed by atoms with Crippen LogP contribution in [0.5, 0.6) is 0 Å². The molecule has 142 valence electrons. The molecule has 3 rings (SSSR count). The molecule has 0 fully saturated rings. The van der Waals surface area contributed by atoms with E-state index in [1.54, 1.807) is 42.5 Å². The predicted octanol–water partition coefficient (Wildman–Crippen LogP) is 4.28. The first-order valence-electron chi connectivity index (χ1n) is 8.57. The number of rotatable bonds is 4. The zero-order valence-corrected chi connectivity index (χ0v) is 16.2. The van der Waals surface area contributed by atoms with Gasteiger partial charge in [0, 0.05) is 16.9 Å². The van der Waals surface area contributed by atoms with Crippen molar-refractivity contribution < 1.29 is 14.0 Å². The third kappa shape index (κ3) is 4.83. The van der Waals surface area contributed by atoms with Crippen LogP contribution in [-0.4, -0.2) is 16.9 Å². The van der Waals surface area contributed by atoms with Crippen LogP contribution in [0.4, 0.5) is 11.4 Å². The van der Waals surface area contributed by atoms with Crippen molar-refractivity contribution in [2.75, 3.05) is 10.6 Å². The maximum Gasteiger partial charge on any atom is 0.291 e. The van der Waals surface area contributed by atoms with E-state index in [-0.39, 0.29) is 22.7 Å². The Kier molecular flexibility index (Phi) is 5.86. The second kappa shape index (κ2) is 8.49. The monoisotopic (exact) mass is 393 g/mol. The molecular formula is C21H19N3O3S. The van der Waals surface area contributed by atoms with Crippen LogP contribution in [0.3, 0.4) is 0 Å². The lowest BCUT2D eigenvalue weighted by molar-refractivity contribution is 0.0974. The molecule has 6 nitrogen and oxygen atoms in total. The lowest BCUT2D eigenvalue weighted by Gasteiger charge is -2.12. The van der Waals surface area contributed by atoms with E-state index in [1.807, 2.05) is 26.0 Å². The van der Waals surface area contributed by atoms with Crippen LogP contribution < -0.4 is 16.0 Å². The van der Waals surface area contributed by atoms with Gasteiger partial charge in [-0.2, -0.15) is 0 Å². The average Bonchev–Trinajstić information content (AvgIpc) is 3.16. The molecule has 0 aliphatic carbocycles. The fourth-order valence-corrected chi connectivity index (χ4v) is 2.89. The van der Waals surface area contributed by atoms with Crippen molar-refractivity contribution in [1.82, 2.24) is 5.32 Å². The molecule has 0 bridgehead atoms. The van der Waals surface area contributed by atoms with Crippen LogP contribution in [-0.2, 0) is 0 Å². The molecule has 0 aliphatic heterocycles. The van der Waals surface area contributed by atoms with E-state index in [9.17, 15) is 9.59 Å². The minimum atomic E-state index is -0.354. The van der Waals surface area contributed by atoms with Crippen molar-refractivity contribution in [2.45, 2.75) is 13.8 Å². The molecule has 1 heterocycles. The highest BCUT2D eigenvalue weighted by molar-refractivity contribution is 7.80. The predicted molar refractivity (Wildman–Crippen MR) is 113 cm³/mol. The van der Waals surface area contributed by atoms with E-state index in [4.69, 9.17) is 16.6 Å². The number of carbonyl (C=O) groups is 2. The summed E-state index contributed by atoms with van der Waals surface area (Å²) in [5.74, 6) is -0.417. The molecule has 7 heteroatoms. The Morgan fingerprint density at radius 2 is 1.64 bits per heavy atom. The van der Waals surface area contributed by atoms with Crippen molar-refractivity contribution in [1.29, 1.82) is 0 Å². The second-order valence-corrected chi connectivity index (χ2v) is 6.65. The molecule has 3 N–H and O–H groups in total. The third-order valence-corrected chi connectivity index (χ3v) is 4.18. The lowest BCUT2D eigenvalue weighted by atomic mass is 10.1. The molecule has 3 aromatic rings. The number of carbonyl (C=O) groups excluding carboxylic acids is 2. The van der Waals surface area contributed by atoms with Gasteiger partial charge in [0.1, 0.15) is 0 Å². The topological polar surface area (TPSA) is 83.4 Å². The van der Waals surface area contributed by atoms with Crippen LogP contribution in [0, 0.1) is 13.8 Å². The number of hydrogen-bond donors (Lipinski definition) is 3. The summed E-state index contributed by atoms with van der Waals surface area (Å²) in [6, 6.07) is 15.8. The summed E-state index contributed by atoms with van der Waals surface area (Å²) >= 11 is 5.23. The van der Waals surface area contributed by atoms with E-state index in [0.29, 0.717) is 16.9 Å². The SMILES string of the molecule is Cc1ccc(C(=O)NC(=S)Nc2cccc(NC(=O)c3ccco3)c2)c(C)c1. The summed E-state index contributed by atoms with van der Waals surface area (Å²) in [7, 11) is 0. The van der Waals surface area contributed by atoms with Gasteiger partial charge in [0.25, 0.3) is 11.8 Å². The summed E-state index contributed by atoms with van der Waals surface area (Å²) in [5.41, 5.74) is 3.72. The smallest absolute Gasteiger partial charge is 0.291 e. The largest absolute Gasteiger partial charge is 0.459 e. The molecule has 0 spiro atoms. The van der Waals surface area contributed by atoms with Crippen LogP contribution in [0.1, 0.15) is 32.0 Å². The van der Waals surface area contributed by atoms with Gasteiger partial charge < -0.3 is 15.1 Å². The normalized spacial score (nSPS) is 10.2. The average molecular weight is 393 g/mol. The summed E-state index contributed by atoms with van der Waals surface area (Å²) in [6.45, 7) is 3.85. The fraction of sp³-hybridized carbons (Fsp3) is 0.0952. The molecule has 0 atom stereocenters. The van der Waals surface area contributed by atoms with Gasteiger partial charge in [-0.25, -0.2) is 0 Å². The van der Waals surface area contributed by atoms with Gasteiger partial charge in [0.05, 0.1) is 6.26 Å². The molecule has 0 saturated carbocycles. The molecule has 0 unspecified atom stereocenters. The summed E-state index contributed by atoms with van der Waals surface area (Å²) in [6.07, 6.45) is 1.43. The van der Waals surface area contributed by atoms with Crippen molar-refractivity contribution >= 4 is 40.5 Å². The lowest BCUT2D eigenvalue weighted by Crippen LogP contribution is -2.34. The van der Waals surface area contributed by atoms with E-state index in [1.165, 1.54) is 6.26 Å². The summed E-state index contributed by atoms with van der Waals surface area (Å²) in [5, 5.41) is 8.51. The third-order valence-electron chi connectivity index (χ3n) is 3.98. The molecule has 0 saturated heterocycles. The number of amides is 2. The van der Waals surface area contributed by atoms with Gasteiger partial charge in [-0.3, -0.25) is 14.9 Å². The highest BCUT2D eigenvalue weighted by Gasteiger charge is 2.12. The first-order valence-corrected chi connectivity index (χ1v) is 8.98. The first kappa shape index (κ1) is 19.3. The van der Waals surface area contributed by atoms with Crippen LogP contribution in [0.25, 0.3) is 0 Å². The zero-order valence-electron chi connectivity index (χ0n) is 15.4. The van der Waals surface area contributed by atoms with Gasteiger partial charge in [-0.05, 0) is 68.0 Å². The Bertz CT molecular complexity index is 1030. The van der Waals surface area contributed by atoms with Gasteiger partial charge in [-0.1, -0.05) is 23.8 Å². The second-order valence-electron chi connectivity index (χ2n) is 6.24. The Morgan fingerprint density at radius 3 is 2.32 bits per heavy atom. The number of nitrogens with one attached hydrogen (secondary N) is 3.